The fourth-order valence-electron chi connectivity index (χ4n) is 1.67. The molecule has 20 heavy (non-hydrogen) atoms. The van der Waals surface area contributed by atoms with Crippen molar-refractivity contribution in [1.82, 2.24) is 15.3 Å². The number of nitrogens with zero attached hydrogens (tertiary/aromatic N) is 2. The Hall–Kier alpha value is -1.46. The van der Waals surface area contributed by atoms with Gasteiger partial charge in [0, 0.05) is 16.6 Å². The van der Waals surface area contributed by atoms with E-state index in [4.69, 9.17) is 4.74 Å². The maximum atomic E-state index is 5.63. The lowest BCUT2D eigenvalue weighted by Crippen LogP contribution is -2.15. The Morgan fingerprint density at radius 3 is 2.75 bits per heavy atom. The number of ether oxygens (including phenoxy) is 1. The van der Waals surface area contributed by atoms with Crippen LogP contribution in [0.25, 0.3) is 0 Å². The quantitative estimate of drug-likeness (QED) is 0.788. The summed E-state index contributed by atoms with van der Waals surface area (Å²) in [6.45, 7) is 4.34. The average Bonchev–Trinajstić information content (AvgIpc) is 2.48. The molecule has 0 fully saturated rings. The van der Waals surface area contributed by atoms with Crippen molar-refractivity contribution in [1.29, 1.82) is 0 Å². The number of benzene rings is 1. The largest absolute Gasteiger partial charge is 0.472 e. The summed E-state index contributed by atoms with van der Waals surface area (Å²) < 4.78 is 6.67. The SMILES string of the molecule is CCCNCc1cnc(OCc2ccccc2Br)cn1. The minimum atomic E-state index is 0.476. The number of hydrogen-bond donors (Lipinski definition) is 1. The monoisotopic (exact) mass is 335 g/mol. The Bertz CT molecular complexity index is 531. The zero-order chi connectivity index (χ0) is 14.2. The summed E-state index contributed by atoms with van der Waals surface area (Å²) in [4.78, 5) is 8.59. The van der Waals surface area contributed by atoms with E-state index in [9.17, 15) is 0 Å². The van der Waals surface area contributed by atoms with Crippen molar-refractivity contribution in [2.24, 2.45) is 0 Å². The standard InChI is InChI=1S/C15H18BrN3O/c1-2-7-17-8-13-9-19-15(10-18-13)20-11-12-5-3-4-6-14(12)16/h3-6,9-10,17H,2,7-8,11H2,1H3. The smallest absolute Gasteiger partial charge is 0.232 e. The zero-order valence-electron chi connectivity index (χ0n) is 11.5. The molecular weight excluding hydrogens is 318 g/mol. The van der Waals surface area contributed by atoms with Crippen LogP contribution >= 0.6 is 15.9 Å². The lowest BCUT2D eigenvalue weighted by molar-refractivity contribution is 0.291. The van der Waals surface area contributed by atoms with E-state index in [0.29, 0.717) is 12.5 Å². The summed E-state index contributed by atoms with van der Waals surface area (Å²) in [6.07, 6.45) is 4.53. The molecule has 1 aromatic heterocycles. The summed E-state index contributed by atoms with van der Waals surface area (Å²) in [7, 11) is 0. The van der Waals surface area contributed by atoms with E-state index < -0.39 is 0 Å². The van der Waals surface area contributed by atoms with Gasteiger partial charge in [0.1, 0.15) is 6.61 Å². The maximum Gasteiger partial charge on any atom is 0.232 e. The van der Waals surface area contributed by atoms with Gasteiger partial charge in [0.2, 0.25) is 5.88 Å². The van der Waals surface area contributed by atoms with Crippen molar-refractivity contribution < 1.29 is 4.74 Å². The molecule has 0 saturated heterocycles. The molecule has 1 heterocycles. The van der Waals surface area contributed by atoms with Gasteiger partial charge in [0.25, 0.3) is 0 Å². The van der Waals surface area contributed by atoms with Crippen LogP contribution in [0.5, 0.6) is 5.88 Å². The number of halogens is 1. The number of hydrogen-bond acceptors (Lipinski definition) is 4. The molecular formula is C15H18BrN3O. The van der Waals surface area contributed by atoms with E-state index in [0.717, 1.165) is 35.2 Å². The Morgan fingerprint density at radius 1 is 1.20 bits per heavy atom. The van der Waals surface area contributed by atoms with Crippen LogP contribution in [-0.4, -0.2) is 16.5 Å². The lowest BCUT2D eigenvalue weighted by Gasteiger charge is -2.07. The van der Waals surface area contributed by atoms with Gasteiger partial charge in [-0.25, -0.2) is 4.98 Å². The first kappa shape index (κ1) is 14.9. The predicted molar refractivity (Wildman–Crippen MR) is 82.5 cm³/mol. The molecule has 4 nitrogen and oxygen atoms in total. The molecule has 5 heteroatoms. The summed E-state index contributed by atoms with van der Waals surface area (Å²) >= 11 is 3.49. The minimum absolute atomic E-state index is 0.476. The van der Waals surface area contributed by atoms with E-state index in [1.165, 1.54) is 0 Å². The molecule has 0 aliphatic rings. The molecule has 0 aliphatic carbocycles. The summed E-state index contributed by atoms with van der Waals surface area (Å²) in [5, 5.41) is 3.29. The minimum Gasteiger partial charge on any atom is -0.472 e. The van der Waals surface area contributed by atoms with E-state index in [1.807, 2.05) is 24.3 Å². The first-order valence-corrected chi connectivity index (χ1v) is 7.46. The molecule has 0 bridgehead atoms. The second-order valence-corrected chi connectivity index (χ2v) is 5.26. The number of aromatic nitrogens is 2. The highest BCUT2D eigenvalue weighted by molar-refractivity contribution is 9.10. The Morgan fingerprint density at radius 2 is 2.05 bits per heavy atom. The van der Waals surface area contributed by atoms with E-state index in [-0.39, 0.29) is 0 Å². The molecule has 0 saturated carbocycles. The zero-order valence-corrected chi connectivity index (χ0v) is 13.1. The molecule has 0 amide bonds. The summed E-state index contributed by atoms with van der Waals surface area (Å²) in [6, 6.07) is 7.97. The van der Waals surface area contributed by atoms with Crippen LogP contribution in [0.1, 0.15) is 24.6 Å². The average molecular weight is 336 g/mol. The normalized spacial score (nSPS) is 10.5. The highest BCUT2D eigenvalue weighted by Crippen LogP contribution is 2.17. The van der Waals surface area contributed by atoms with Gasteiger partial charge in [-0.15, -0.1) is 0 Å². The van der Waals surface area contributed by atoms with Crippen LogP contribution in [0.3, 0.4) is 0 Å². The third-order valence-corrected chi connectivity index (χ3v) is 3.52. The van der Waals surface area contributed by atoms with E-state index >= 15 is 0 Å². The predicted octanol–water partition coefficient (Wildman–Crippen LogP) is 3.32. The second kappa shape index (κ2) is 7.97. The second-order valence-electron chi connectivity index (χ2n) is 4.40. The molecule has 0 atom stereocenters. The van der Waals surface area contributed by atoms with Crippen LogP contribution in [-0.2, 0) is 13.2 Å². The summed E-state index contributed by atoms with van der Waals surface area (Å²) in [5.74, 6) is 0.542. The molecule has 1 N–H and O–H groups in total. The topological polar surface area (TPSA) is 47.0 Å². The van der Waals surface area contributed by atoms with Crippen molar-refractivity contribution in [3.05, 3.63) is 52.4 Å². The Labute approximate surface area is 127 Å². The number of nitrogens with one attached hydrogen (secondary N) is 1. The van der Waals surface area contributed by atoms with Crippen LogP contribution < -0.4 is 10.1 Å². The molecule has 2 rings (SSSR count). The van der Waals surface area contributed by atoms with Crippen molar-refractivity contribution in [3.63, 3.8) is 0 Å². The molecule has 0 aliphatic heterocycles. The highest BCUT2D eigenvalue weighted by Gasteiger charge is 2.02. The first-order valence-electron chi connectivity index (χ1n) is 6.67. The maximum absolute atomic E-state index is 5.63. The van der Waals surface area contributed by atoms with Gasteiger partial charge in [-0.1, -0.05) is 41.1 Å². The van der Waals surface area contributed by atoms with Crippen molar-refractivity contribution in [2.75, 3.05) is 6.54 Å². The van der Waals surface area contributed by atoms with E-state index in [1.54, 1.807) is 12.4 Å². The molecule has 0 spiro atoms. The molecule has 0 radical (unpaired) electrons. The Kier molecular flexibility index (Phi) is 5.95. The van der Waals surface area contributed by atoms with Gasteiger partial charge >= 0.3 is 0 Å². The molecule has 1 aromatic carbocycles. The lowest BCUT2D eigenvalue weighted by atomic mass is 10.2. The van der Waals surface area contributed by atoms with Crippen LogP contribution in [0.4, 0.5) is 0 Å². The van der Waals surface area contributed by atoms with Gasteiger partial charge in [0.15, 0.2) is 0 Å². The van der Waals surface area contributed by atoms with Crippen molar-refractivity contribution in [3.8, 4) is 5.88 Å². The van der Waals surface area contributed by atoms with Crippen LogP contribution in [0.2, 0.25) is 0 Å². The Balaban J connectivity index is 1.86. The molecule has 2 aromatic rings. The van der Waals surface area contributed by atoms with Gasteiger partial charge < -0.3 is 10.1 Å². The number of rotatable bonds is 7. The van der Waals surface area contributed by atoms with Crippen LogP contribution in [0, 0.1) is 0 Å². The fourth-order valence-corrected chi connectivity index (χ4v) is 2.07. The molecule has 106 valence electrons. The summed E-state index contributed by atoms with van der Waals surface area (Å²) in [5.41, 5.74) is 2.01. The van der Waals surface area contributed by atoms with Gasteiger partial charge in [-0.3, -0.25) is 4.98 Å². The van der Waals surface area contributed by atoms with Gasteiger partial charge in [-0.2, -0.15) is 0 Å². The third kappa shape index (κ3) is 4.58. The van der Waals surface area contributed by atoms with Crippen molar-refractivity contribution in [2.45, 2.75) is 26.5 Å². The van der Waals surface area contributed by atoms with Gasteiger partial charge in [0.05, 0.1) is 18.1 Å². The highest BCUT2D eigenvalue weighted by atomic mass is 79.9. The fraction of sp³-hybridized carbons (Fsp3) is 0.333. The van der Waals surface area contributed by atoms with Crippen LogP contribution in [0.15, 0.2) is 41.1 Å². The van der Waals surface area contributed by atoms with E-state index in [2.05, 4.69) is 38.1 Å². The van der Waals surface area contributed by atoms with Gasteiger partial charge in [-0.05, 0) is 19.0 Å². The molecule has 0 unspecified atom stereocenters. The first-order chi connectivity index (χ1) is 9.79. The van der Waals surface area contributed by atoms with Crippen molar-refractivity contribution >= 4 is 15.9 Å². The third-order valence-electron chi connectivity index (χ3n) is 2.75.